The van der Waals surface area contributed by atoms with Gasteiger partial charge < -0.3 is 20.3 Å². The highest BCUT2D eigenvalue weighted by Gasteiger charge is 2.14. The highest BCUT2D eigenvalue weighted by molar-refractivity contribution is 9.10. The van der Waals surface area contributed by atoms with Crippen LogP contribution >= 0.6 is 15.9 Å². The molecule has 0 unspecified atom stereocenters. The smallest absolute Gasteiger partial charge is 0.251 e. The number of benzene rings is 2. The van der Waals surface area contributed by atoms with Crippen LogP contribution in [0.25, 0.3) is 0 Å². The molecule has 2 N–H and O–H groups in total. The van der Waals surface area contributed by atoms with Crippen molar-refractivity contribution in [2.45, 2.75) is 19.8 Å². The van der Waals surface area contributed by atoms with Crippen LogP contribution in [-0.4, -0.2) is 49.9 Å². The summed E-state index contributed by atoms with van der Waals surface area (Å²) in [4.78, 5) is 37.9. The lowest BCUT2D eigenvalue weighted by molar-refractivity contribution is -0.133. The van der Waals surface area contributed by atoms with Gasteiger partial charge in [-0.1, -0.05) is 15.9 Å². The maximum absolute atomic E-state index is 12.2. The number of halogens is 1. The second kappa shape index (κ2) is 11.3. The van der Waals surface area contributed by atoms with Crippen LogP contribution < -0.4 is 15.4 Å². The summed E-state index contributed by atoms with van der Waals surface area (Å²) in [7, 11) is 3.15. The SMILES string of the molecule is COc1ccc(C(=O)NCCCC(=O)N(C)CC(=O)Nc2ccc(Br)cc2C)cc1. The number of carbonyl (C=O) groups excluding carboxylic acids is 3. The molecule has 0 heterocycles. The van der Waals surface area contributed by atoms with E-state index in [1.165, 1.54) is 4.90 Å². The fourth-order valence-electron chi connectivity index (χ4n) is 2.74. The van der Waals surface area contributed by atoms with Gasteiger partial charge in [-0.25, -0.2) is 0 Å². The first-order valence-corrected chi connectivity index (χ1v) is 10.3. The molecule has 0 bridgehead atoms. The highest BCUT2D eigenvalue weighted by Crippen LogP contribution is 2.20. The third-order valence-electron chi connectivity index (χ3n) is 4.47. The zero-order valence-electron chi connectivity index (χ0n) is 17.3. The van der Waals surface area contributed by atoms with Gasteiger partial charge in [0.05, 0.1) is 13.7 Å². The quantitative estimate of drug-likeness (QED) is 0.544. The van der Waals surface area contributed by atoms with Crippen LogP contribution in [0.3, 0.4) is 0 Å². The number of nitrogens with zero attached hydrogens (tertiary/aromatic N) is 1. The van der Waals surface area contributed by atoms with Crippen LogP contribution in [-0.2, 0) is 9.59 Å². The van der Waals surface area contributed by atoms with Crippen molar-refractivity contribution in [3.63, 3.8) is 0 Å². The average molecular weight is 476 g/mol. The molecule has 2 aromatic rings. The standard InChI is InChI=1S/C22H26BrN3O4/c1-15-13-17(23)8-11-19(15)25-20(27)14-26(2)21(28)5-4-12-24-22(29)16-6-9-18(30-3)10-7-16/h6-11,13H,4-5,12,14H2,1-3H3,(H,24,29)(H,25,27). The van der Waals surface area contributed by atoms with Crippen molar-refractivity contribution in [3.8, 4) is 5.75 Å². The molecular weight excluding hydrogens is 450 g/mol. The number of amides is 3. The summed E-state index contributed by atoms with van der Waals surface area (Å²) >= 11 is 3.38. The Morgan fingerprint density at radius 2 is 1.80 bits per heavy atom. The monoisotopic (exact) mass is 475 g/mol. The van der Waals surface area contributed by atoms with Crippen LogP contribution in [0.2, 0.25) is 0 Å². The van der Waals surface area contributed by atoms with Gasteiger partial charge in [0.25, 0.3) is 5.91 Å². The molecule has 0 aliphatic rings. The molecule has 0 fully saturated rings. The Morgan fingerprint density at radius 1 is 1.10 bits per heavy atom. The Morgan fingerprint density at radius 3 is 2.43 bits per heavy atom. The minimum atomic E-state index is -0.260. The first-order chi connectivity index (χ1) is 14.3. The number of rotatable bonds is 9. The van der Waals surface area contributed by atoms with Gasteiger partial charge >= 0.3 is 0 Å². The summed E-state index contributed by atoms with van der Waals surface area (Å²) in [6.45, 7) is 2.23. The minimum absolute atomic E-state index is 0.0352. The molecule has 0 atom stereocenters. The Balaban J connectivity index is 1.70. The van der Waals surface area contributed by atoms with Gasteiger partial charge in [0.2, 0.25) is 11.8 Å². The van der Waals surface area contributed by atoms with Gasteiger partial charge in [-0.3, -0.25) is 14.4 Å². The Labute approximate surface area is 184 Å². The van der Waals surface area contributed by atoms with Gasteiger partial charge in [-0.2, -0.15) is 0 Å². The van der Waals surface area contributed by atoms with E-state index >= 15 is 0 Å². The highest BCUT2D eigenvalue weighted by atomic mass is 79.9. The fourth-order valence-corrected chi connectivity index (χ4v) is 3.21. The molecular formula is C22H26BrN3O4. The molecule has 8 heteroatoms. The molecule has 0 saturated carbocycles. The van der Waals surface area contributed by atoms with Crippen LogP contribution in [0.1, 0.15) is 28.8 Å². The number of hydrogen-bond acceptors (Lipinski definition) is 4. The summed E-state index contributed by atoms with van der Waals surface area (Å²) in [5, 5.41) is 5.59. The predicted octanol–water partition coefficient (Wildman–Crippen LogP) is 3.37. The lowest BCUT2D eigenvalue weighted by atomic mass is 10.2. The number of methoxy groups -OCH3 is 1. The number of likely N-dealkylation sites (N-methyl/N-ethyl adjacent to an activating group) is 1. The van der Waals surface area contributed by atoms with Gasteiger partial charge in [0.1, 0.15) is 5.75 Å². The van der Waals surface area contributed by atoms with E-state index in [4.69, 9.17) is 4.74 Å². The molecule has 30 heavy (non-hydrogen) atoms. The molecule has 0 saturated heterocycles. The van der Waals surface area contributed by atoms with Crippen LogP contribution in [0.15, 0.2) is 46.9 Å². The molecule has 7 nitrogen and oxygen atoms in total. The number of ether oxygens (including phenoxy) is 1. The van der Waals surface area contributed by atoms with Crippen molar-refractivity contribution in [3.05, 3.63) is 58.1 Å². The molecule has 2 rings (SSSR count). The van der Waals surface area contributed by atoms with Crippen LogP contribution in [0, 0.1) is 6.92 Å². The Bertz CT molecular complexity index is 900. The topological polar surface area (TPSA) is 87.7 Å². The van der Waals surface area contributed by atoms with E-state index in [1.807, 2.05) is 25.1 Å². The van der Waals surface area contributed by atoms with E-state index in [9.17, 15) is 14.4 Å². The maximum atomic E-state index is 12.2. The zero-order chi connectivity index (χ0) is 22.1. The van der Waals surface area contributed by atoms with Crippen LogP contribution in [0.5, 0.6) is 5.75 Å². The molecule has 0 aliphatic heterocycles. The summed E-state index contributed by atoms with van der Waals surface area (Å²) < 4.78 is 6.00. The van der Waals surface area contributed by atoms with E-state index in [1.54, 1.807) is 38.4 Å². The van der Waals surface area contributed by atoms with Crippen molar-refractivity contribution >= 4 is 39.3 Å². The van der Waals surface area contributed by atoms with E-state index in [0.29, 0.717) is 30.0 Å². The fraction of sp³-hybridized carbons (Fsp3) is 0.318. The van der Waals surface area contributed by atoms with E-state index in [2.05, 4.69) is 26.6 Å². The second-order valence-electron chi connectivity index (χ2n) is 6.85. The van der Waals surface area contributed by atoms with E-state index < -0.39 is 0 Å². The molecule has 0 aliphatic carbocycles. The Kier molecular flexibility index (Phi) is 8.86. The van der Waals surface area contributed by atoms with Gasteiger partial charge in [-0.05, 0) is 61.4 Å². The molecule has 160 valence electrons. The van der Waals surface area contributed by atoms with E-state index in [0.717, 1.165) is 10.0 Å². The molecule has 2 aromatic carbocycles. The van der Waals surface area contributed by atoms with Crippen molar-refractivity contribution in [1.82, 2.24) is 10.2 Å². The van der Waals surface area contributed by atoms with Gasteiger partial charge in [-0.15, -0.1) is 0 Å². The number of anilines is 1. The van der Waals surface area contributed by atoms with Gasteiger partial charge in [0, 0.05) is 35.7 Å². The lowest BCUT2D eigenvalue weighted by Crippen LogP contribution is -2.35. The normalized spacial score (nSPS) is 10.3. The van der Waals surface area contributed by atoms with Gasteiger partial charge in [0.15, 0.2) is 0 Å². The maximum Gasteiger partial charge on any atom is 0.251 e. The number of nitrogens with one attached hydrogen (secondary N) is 2. The molecule has 0 radical (unpaired) electrons. The average Bonchev–Trinajstić information content (AvgIpc) is 2.72. The van der Waals surface area contributed by atoms with Crippen molar-refractivity contribution in [2.24, 2.45) is 0 Å². The minimum Gasteiger partial charge on any atom is -0.497 e. The number of hydrogen-bond donors (Lipinski definition) is 2. The molecule has 0 aromatic heterocycles. The third-order valence-corrected chi connectivity index (χ3v) is 4.97. The van der Waals surface area contributed by atoms with Crippen molar-refractivity contribution in [2.75, 3.05) is 32.6 Å². The molecule has 3 amide bonds. The first-order valence-electron chi connectivity index (χ1n) is 9.52. The zero-order valence-corrected chi connectivity index (χ0v) is 18.9. The number of aryl methyl sites for hydroxylation is 1. The first kappa shape index (κ1) is 23.4. The van der Waals surface area contributed by atoms with Crippen molar-refractivity contribution in [1.29, 1.82) is 0 Å². The third kappa shape index (κ3) is 7.18. The van der Waals surface area contributed by atoms with E-state index in [-0.39, 0.29) is 30.7 Å². The summed E-state index contributed by atoms with van der Waals surface area (Å²) in [5.41, 5.74) is 2.17. The van der Waals surface area contributed by atoms with Crippen LogP contribution in [0.4, 0.5) is 5.69 Å². The summed E-state index contributed by atoms with van der Waals surface area (Å²) in [6, 6.07) is 12.4. The van der Waals surface area contributed by atoms with Crippen molar-refractivity contribution < 1.29 is 19.1 Å². The Hall–Kier alpha value is -2.87. The predicted molar refractivity (Wildman–Crippen MR) is 120 cm³/mol. The lowest BCUT2D eigenvalue weighted by Gasteiger charge is -2.17. The summed E-state index contributed by atoms with van der Waals surface area (Å²) in [6.07, 6.45) is 0.725. The molecule has 0 spiro atoms. The number of carbonyl (C=O) groups is 3. The largest absolute Gasteiger partial charge is 0.497 e. The second-order valence-corrected chi connectivity index (χ2v) is 7.76. The summed E-state index contributed by atoms with van der Waals surface area (Å²) in [5.74, 6) is 0.0580.